The summed E-state index contributed by atoms with van der Waals surface area (Å²) in [6, 6.07) is 7.42. The molecule has 1 aromatic rings. The molecule has 2 amide bonds. The Morgan fingerprint density at radius 2 is 2.00 bits per heavy atom. The molecule has 0 bridgehead atoms. The number of carbonyl (C=O) groups excluding carboxylic acids is 2. The van der Waals surface area contributed by atoms with Crippen LogP contribution in [0.15, 0.2) is 73.1 Å². The number of halogens is 1. The highest BCUT2D eigenvalue weighted by Gasteiger charge is 2.38. The topological polar surface area (TPSA) is 46.6 Å². The molecular weight excluding hydrogens is 338 g/mol. The summed E-state index contributed by atoms with van der Waals surface area (Å²) in [4.78, 5) is 26.1. The number of rotatable bonds is 7. The maximum absolute atomic E-state index is 12.5. The normalized spacial score (nSPS) is 17.1. The molecule has 0 saturated carbocycles. The van der Waals surface area contributed by atoms with Crippen molar-refractivity contribution in [2.24, 2.45) is 5.92 Å². The van der Waals surface area contributed by atoms with Crippen LogP contribution in [0, 0.1) is 5.92 Å². The fourth-order valence-electron chi connectivity index (χ4n) is 2.70. The SMILES string of the molecule is C=C/C=C1\C(=C)C(=O)N(CC(Cc2ccccc2Cl)C(=C)OC)C1=O. The Labute approximate surface area is 152 Å². The van der Waals surface area contributed by atoms with Crippen LogP contribution in [0.1, 0.15) is 5.56 Å². The summed E-state index contributed by atoms with van der Waals surface area (Å²) in [6.45, 7) is 11.3. The van der Waals surface area contributed by atoms with Gasteiger partial charge in [-0.3, -0.25) is 14.5 Å². The van der Waals surface area contributed by atoms with E-state index in [1.165, 1.54) is 24.2 Å². The second-order valence-electron chi connectivity index (χ2n) is 5.68. The minimum atomic E-state index is -0.411. The Hall–Kier alpha value is -2.59. The first-order chi connectivity index (χ1) is 11.9. The van der Waals surface area contributed by atoms with Gasteiger partial charge in [0.1, 0.15) is 0 Å². The van der Waals surface area contributed by atoms with E-state index in [-0.39, 0.29) is 29.5 Å². The van der Waals surface area contributed by atoms with Gasteiger partial charge in [0.25, 0.3) is 11.8 Å². The van der Waals surface area contributed by atoms with Crippen LogP contribution in [0.3, 0.4) is 0 Å². The number of amides is 2. The fraction of sp³-hybridized carbons (Fsp3) is 0.200. The lowest BCUT2D eigenvalue weighted by Crippen LogP contribution is -2.36. The first-order valence-corrected chi connectivity index (χ1v) is 8.12. The number of nitrogens with zero attached hydrogens (tertiary/aromatic N) is 1. The van der Waals surface area contributed by atoms with Crippen molar-refractivity contribution in [3.63, 3.8) is 0 Å². The van der Waals surface area contributed by atoms with Crippen LogP contribution in [0.4, 0.5) is 0 Å². The molecule has 1 saturated heterocycles. The average molecular weight is 358 g/mol. The second kappa shape index (κ2) is 7.99. The van der Waals surface area contributed by atoms with Gasteiger partial charge in [-0.1, -0.05) is 55.6 Å². The predicted molar refractivity (Wildman–Crippen MR) is 98.9 cm³/mol. The predicted octanol–water partition coefficient (Wildman–Crippen LogP) is 3.70. The van der Waals surface area contributed by atoms with E-state index in [0.717, 1.165) is 5.56 Å². The molecule has 130 valence electrons. The summed E-state index contributed by atoms with van der Waals surface area (Å²) in [5, 5.41) is 0.618. The summed E-state index contributed by atoms with van der Waals surface area (Å²) in [6.07, 6.45) is 3.46. The number of imide groups is 1. The van der Waals surface area contributed by atoms with E-state index in [0.29, 0.717) is 17.2 Å². The molecule has 4 nitrogen and oxygen atoms in total. The van der Waals surface area contributed by atoms with Crippen molar-refractivity contribution in [3.8, 4) is 0 Å². The molecule has 2 rings (SSSR count). The van der Waals surface area contributed by atoms with E-state index in [4.69, 9.17) is 16.3 Å². The monoisotopic (exact) mass is 357 g/mol. The van der Waals surface area contributed by atoms with Gasteiger partial charge >= 0.3 is 0 Å². The molecule has 0 aromatic heterocycles. The van der Waals surface area contributed by atoms with Gasteiger partial charge < -0.3 is 4.74 Å². The molecule has 1 aromatic carbocycles. The van der Waals surface area contributed by atoms with Crippen molar-refractivity contribution >= 4 is 23.4 Å². The van der Waals surface area contributed by atoms with Crippen LogP contribution in [0.2, 0.25) is 5.02 Å². The molecule has 5 heteroatoms. The molecule has 0 radical (unpaired) electrons. The first-order valence-electron chi connectivity index (χ1n) is 7.75. The lowest BCUT2D eigenvalue weighted by Gasteiger charge is -2.23. The zero-order chi connectivity index (χ0) is 18.6. The molecule has 1 aliphatic rings. The molecule has 1 unspecified atom stereocenters. The van der Waals surface area contributed by atoms with E-state index >= 15 is 0 Å². The summed E-state index contributed by atoms with van der Waals surface area (Å²) < 4.78 is 5.27. The smallest absolute Gasteiger partial charge is 0.261 e. The molecule has 0 N–H and O–H groups in total. The van der Waals surface area contributed by atoms with Gasteiger partial charge in [0, 0.05) is 23.1 Å². The highest BCUT2D eigenvalue weighted by Crippen LogP contribution is 2.28. The minimum Gasteiger partial charge on any atom is -0.501 e. The van der Waals surface area contributed by atoms with Crippen molar-refractivity contribution in [1.82, 2.24) is 4.90 Å². The van der Waals surface area contributed by atoms with Crippen molar-refractivity contribution < 1.29 is 14.3 Å². The third kappa shape index (κ3) is 3.91. The van der Waals surface area contributed by atoms with Gasteiger partial charge in [-0.2, -0.15) is 0 Å². The molecule has 1 atom stereocenters. The van der Waals surface area contributed by atoms with Gasteiger partial charge in [0.2, 0.25) is 0 Å². The lowest BCUT2D eigenvalue weighted by molar-refractivity contribution is -0.137. The Morgan fingerprint density at radius 1 is 1.32 bits per heavy atom. The highest BCUT2D eigenvalue weighted by molar-refractivity contribution is 6.31. The zero-order valence-corrected chi connectivity index (χ0v) is 14.9. The van der Waals surface area contributed by atoms with Gasteiger partial charge in [0.15, 0.2) is 0 Å². The number of hydrogen-bond donors (Lipinski definition) is 0. The van der Waals surface area contributed by atoms with Gasteiger partial charge in [-0.25, -0.2) is 0 Å². The maximum Gasteiger partial charge on any atom is 0.261 e. The Morgan fingerprint density at radius 3 is 2.60 bits per heavy atom. The minimum absolute atomic E-state index is 0.142. The van der Waals surface area contributed by atoms with Gasteiger partial charge in [-0.05, 0) is 24.1 Å². The quantitative estimate of drug-likeness (QED) is 0.424. The van der Waals surface area contributed by atoms with Crippen LogP contribution in [-0.4, -0.2) is 30.4 Å². The first kappa shape index (κ1) is 18.7. The standard InChI is InChI=1S/C20H20ClNO3/c1-5-8-17-13(2)19(23)22(20(17)24)12-16(14(3)25-4)11-15-9-6-7-10-18(15)21/h5-10,16H,1-3,11-12H2,4H3/b17-8+. The van der Waals surface area contributed by atoms with E-state index in [2.05, 4.69) is 19.7 Å². The molecule has 1 fully saturated rings. The molecule has 25 heavy (non-hydrogen) atoms. The van der Waals surface area contributed by atoms with Crippen LogP contribution in [0.25, 0.3) is 0 Å². The average Bonchev–Trinajstić information content (AvgIpc) is 2.80. The van der Waals surface area contributed by atoms with E-state index in [1.807, 2.05) is 18.2 Å². The number of methoxy groups -OCH3 is 1. The van der Waals surface area contributed by atoms with Crippen LogP contribution < -0.4 is 0 Å². The van der Waals surface area contributed by atoms with Gasteiger partial charge in [-0.15, -0.1) is 0 Å². The molecule has 1 aliphatic heterocycles. The van der Waals surface area contributed by atoms with E-state index in [1.54, 1.807) is 6.07 Å². The fourth-order valence-corrected chi connectivity index (χ4v) is 2.91. The number of hydrogen-bond acceptors (Lipinski definition) is 3. The Balaban J connectivity index is 2.27. The maximum atomic E-state index is 12.5. The Kier molecular flexibility index (Phi) is 5.99. The van der Waals surface area contributed by atoms with E-state index in [9.17, 15) is 9.59 Å². The molecule has 0 aliphatic carbocycles. The zero-order valence-electron chi connectivity index (χ0n) is 14.1. The van der Waals surface area contributed by atoms with Crippen LogP contribution in [0.5, 0.6) is 0 Å². The highest BCUT2D eigenvalue weighted by atomic mass is 35.5. The molecular formula is C20H20ClNO3. The number of carbonyl (C=O) groups is 2. The second-order valence-corrected chi connectivity index (χ2v) is 6.09. The van der Waals surface area contributed by atoms with Crippen LogP contribution in [-0.2, 0) is 20.7 Å². The molecule has 1 heterocycles. The summed E-state index contributed by atoms with van der Waals surface area (Å²) in [5.41, 5.74) is 1.33. The lowest BCUT2D eigenvalue weighted by atomic mass is 9.97. The number of ether oxygens (including phenoxy) is 1. The van der Waals surface area contributed by atoms with Gasteiger partial charge in [0.05, 0.1) is 18.4 Å². The number of benzene rings is 1. The van der Waals surface area contributed by atoms with Crippen molar-refractivity contribution in [3.05, 3.63) is 83.6 Å². The Bertz CT molecular complexity index is 779. The third-order valence-electron chi connectivity index (χ3n) is 4.13. The molecule has 0 spiro atoms. The summed E-state index contributed by atoms with van der Waals surface area (Å²) in [7, 11) is 1.51. The van der Waals surface area contributed by atoms with Crippen molar-refractivity contribution in [2.45, 2.75) is 6.42 Å². The number of allylic oxidation sites excluding steroid dienone is 2. The van der Waals surface area contributed by atoms with E-state index < -0.39 is 5.91 Å². The van der Waals surface area contributed by atoms with Crippen LogP contribution >= 0.6 is 11.6 Å². The largest absolute Gasteiger partial charge is 0.501 e. The summed E-state index contributed by atoms with van der Waals surface area (Å²) >= 11 is 6.23. The number of likely N-dealkylation sites (tertiary alicyclic amines) is 1. The summed E-state index contributed by atoms with van der Waals surface area (Å²) in [5.74, 6) is -0.602. The van der Waals surface area contributed by atoms with Crippen molar-refractivity contribution in [2.75, 3.05) is 13.7 Å². The third-order valence-corrected chi connectivity index (χ3v) is 4.50. The van der Waals surface area contributed by atoms with Crippen molar-refractivity contribution in [1.29, 1.82) is 0 Å².